The molecule has 1 aliphatic rings. The van der Waals surface area contributed by atoms with Gasteiger partial charge in [-0.1, -0.05) is 68.5 Å². The molecule has 2 N–H and O–H groups in total. The van der Waals surface area contributed by atoms with Crippen LogP contribution in [-0.2, 0) is 22.7 Å². The predicted octanol–water partition coefficient (Wildman–Crippen LogP) is 8.16. The van der Waals surface area contributed by atoms with E-state index in [1.54, 1.807) is 24.5 Å². The third-order valence-electron chi connectivity index (χ3n) is 9.41. The summed E-state index contributed by atoms with van der Waals surface area (Å²) in [7, 11) is 0. The van der Waals surface area contributed by atoms with Crippen molar-refractivity contribution in [2.45, 2.75) is 90.3 Å². The van der Waals surface area contributed by atoms with Crippen LogP contribution < -0.4 is 10.6 Å². The van der Waals surface area contributed by atoms with Gasteiger partial charge in [-0.05, 0) is 67.5 Å². The zero-order valence-corrected chi connectivity index (χ0v) is 30.6. The van der Waals surface area contributed by atoms with E-state index >= 15 is 0 Å². The quantitative estimate of drug-likeness (QED) is 0.0568. The van der Waals surface area contributed by atoms with Gasteiger partial charge in [-0.25, -0.2) is 14.4 Å². The van der Waals surface area contributed by atoms with Crippen molar-refractivity contribution in [3.05, 3.63) is 89.6 Å². The van der Waals surface area contributed by atoms with E-state index in [0.29, 0.717) is 41.8 Å². The number of hydrogen-bond acceptors (Lipinski definition) is 7. The summed E-state index contributed by atoms with van der Waals surface area (Å²) < 4.78 is 16.1. The third kappa shape index (κ3) is 9.70. The second kappa shape index (κ2) is 18.5. The fraction of sp³-hybridized carbons (Fsp3) is 0.400. The highest BCUT2D eigenvalue weighted by atomic mass is 35.5. The number of fused-ring (bicyclic) bond motifs is 1. The van der Waals surface area contributed by atoms with Crippen LogP contribution in [-0.4, -0.2) is 61.4 Å². The number of rotatable bonds is 19. The number of likely N-dealkylation sites (tertiary alicyclic amines) is 1. The van der Waals surface area contributed by atoms with Crippen LogP contribution in [0.25, 0.3) is 28.1 Å². The van der Waals surface area contributed by atoms with Gasteiger partial charge in [-0.15, -0.1) is 6.58 Å². The molecular formula is C40H47ClFN7O3. The Morgan fingerprint density at radius 1 is 1.00 bits per heavy atom. The SMILES string of the molecule is C=CCCCCCCCCCNc1ncc(-c2ccc3c(c2)c(C(C)=O)nn3CC(=O)N2CCC[C@H]2C(=O)NCc2cc(C=C)cc(Cl)c2F)cn1. The van der Waals surface area contributed by atoms with Crippen LogP contribution in [0.15, 0.2) is 62.0 Å². The van der Waals surface area contributed by atoms with Crippen LogP contribution in [0, 0.1) is 5.82 Å². The Balaban J connectivity index is 1.19. The van der Waals surface area contributed by atoms with Gasteiger partial charge in [0.15, 0.2) is 5.78 Å². The van der Waals surface area contributed by atoms with Crippen LogP contribution in [0.3, 0.4) is 0 Å². The molecule has 4 aromatic rings. The van der Waals surface area contributed by atoms with E-state index in [1.807, 2.05) is 24.3 Å². The number of anilines is 1. The molecule has 0 radical (unpaired) electrons. The van der Waals surface area contributed by atoms with Crippen LogP contribution in [0.5, 0.6) is 0 Å². The lowest BCUT2D eigenvalue weighted by Gasteiger charge is -2.24. The smallest absolute Gasteiger partial charge is 0.245 e. The van der Waals surface area contributed by atoms with Crippen molar-refractivity contribution in [1.82, 2.24) is 30.0 Å². The Morgan fingerprint density at radius 3 is 2.44 bits per heavy atom. The molecule has 2 aromatic carbocycles. The van der Waals surface area contributed by atoms with Crippen molar-refractivity contribution in [3.8, 4) is 11.1 Å². The molecule has 2 amide bonds. The molecule has 52 heavy (non-hydrogen) atoms. The van der Waals surface area contributed by atoms with Gasteiger partial charge in [0.2, 0.25) is 17.8 Å². The molecule has 5 rings (SSSR count). The zero-order valence-electron chi connectivity index (χ0n) is 29.8. The summed E-state index contributed by atoms with van der Waals surface area (Å²) in [5.74, 6) is -0.962. The highest BCUT2D eigenvalue weighted by Crippen LogP contribution is 2.28. The monoisotopic (exact) mass is 727 g/mol. The standard InChI is InChI=1S/C40H47ClFN7O3/c1-4-6-7-8-9-10-11-12-13-18-43-40-45-24-31(25-46-40)29-16-17-34-32(22-29)38(27(3)50)47-49(34)26-36(51)48-19-14-15-35(48)39(52)44-23-30-20-28(5-2)21-33(41)37(30)42/h4-5,16-17,20-22,24-25,35H,1-2,6-15,18-19,23,26H2,3H3,(H,44,52)(H,43,45,46)/t35-/m0/s1. The molecule has 1 fully saturated rings. The Labute approximate surface area is 309 Å². The van der Waals surface area contributed by atoms with E-state index in [0.717, 1.165) is 30.5 Å². The van der Waals surface area contributed by atoms with E-state index in [9.17, 15) is 18.8 Å². The largest absolute Gasteiger partial charge is 0.354 e. The van der Waals surface area contributed by atoms with Crippen molar-refractivity contribution >= 4 is 52.1 Å². The van der Waals surface area contributed by atoms with E-state index in [1.165, 1.54) is 61.1 Å². The molecular weight excluding hydrogens is 681 g/mol. The van der Waals surface area contributed by atoms with E-state index < -0.39 is 11.9 Å². The van der Waals surface area contributed by atoms with Crippen molar-refractivity contribution < 1.29 is 18.8 Å². The van der Waals surface area contributed by atoms with Gasteiger partial charge in [-0.3, -0.25) is 19.1 Å². The summed E-state index contributed by atoms with van der Waals surface area (Å²) >= 11 is 6.00. The van der Waals surface area contributed by atoms with Crippen LogP contribution in [0.2, 0.25) is 5.02 Å². The number of nitrogens with zero attached hydrogens (tertiary/aromatic N) is 5. The molecule has 1 saturated heterocycles. The maximum atomic E-state index is 14.6. The van der Waals surface area contributed by atoms with Gasteiger partial charge in [0.05, 0.1) is 10.5 Å². The minimum Gasteiger partial charge on any atom is -0.354 e. The number of carbonyl (C=O) groups excluding carboxylic acids is 3. The van der Waals surface area contributed by atoms with Crippen molar-refractivity contribution in [1.29, 1.82) is 0 Å². The van der Waals surface area contributed by atoms with Gasteiger partial charge < -0.3 is 15.5 Å². The van der Waals surface area contributed by atoms with Crippen molar-refractivity contribution in [2.24, 2.45) is 0 Å². The lowest BCUT2D eigenvalue weighted by Crippen LogP contribution is -2.46. The Morgan fingerprint density at radius 2 is 1.73 bits per heavy atom. The van der Waals surface area contributed by atoms with Crippen LogP contribution in [0.1, 0.15) is 92.7 Å². The summed E-state index contributed by atoms with van der Waals surface area (Å²) in [6.07, 6.45) is 17.8. The maximum Gasteiger partial charge on any atom is 0.245 e. The number of hydrogen-bond donors (Lipinski definition) is 2. The van der Waals surface area contributed by atoms with Gasteiger partial charge in [-0.2, -0.15) is 5.10 Å². The van der Waals surface area contributed by atoms with Gasteiger partial charge in [0, 0.05) is 55.5 Å². The van der Waals surface area contributed by atoms with Crippen molar-refractivity contribution in [2.75, 3.05) is 18.4 Å². The predicted molar refractivity (Wildman–Crippen MR) is 204 cm³/mol. The highest BCUT2D eigenvalue weighted by molar-refractivity contribution is 6.31. The van der Waals surface area contributed by atoms with E-state index in [4.69, 9.17) is 11.6 Å². The lowest BCUT2D eigenvalue weighted by atomic mass is 10.0. The number of Topliss-reactive ketones (excluding diaryl/α,β-unsaturated/α-hetero) is 1. The number of aromatic nitrogens is 4. The molecule has 0 spiro atoms. The number of allylic oxidation sites excluding steroid dienone is 1. The first-order valence-electron chi connectivity index (χ1n) is 18.1. The van der Waals surface area contributed by atoms with E-state index in [2.05, 4.69) is 38.9 Å². The van der Waals surface area contributed by atoms with Gasteiger partial charge in [0.25, 0.3) is 0 Å². The molecule has 1 aliphatic heterocycles. The molecule has 10 nitrogen and oxygen atoms in total. The number of benzene rings is 2. The summed E-state index contributed by atoms with van der Waals surface area (Å²) in [6.45, 7) is 9.87. The zero-order chi connectivity index (χ0) is 37.0. The summed E-state index contributed by atoms with van der Waals surface area (Å²) in [5.41, 5.74) is 3.33. The summed E-state index contributed by atoms with van der Waals surface area (Å²) in [6, 6.07) is 7.90. The first kappa shape index (κ1) is 38.3. The second-order valence-corrected chi connectivity index (χ2v) is 13.6. The molecule has 274 valence electrons. The molecule has 12 heteroatoms. The Hall–Kier alpha value is -4.90. The molecule has 0 unspecified atom stereocenters. The second-order valence-electron chi connectivity index (χ2n) is 13.2. The van der Waals surface area contributed by atoms with E-state index in [-0.39, 0.29) is 47.0 Å². The number of nitrogens with one attached hydrogen (secondary N) is 2. The fourth-order valence-electron chi connectivity index (χ4n) is 6.58. The molecule has 2 aromatic heterocycles. The number of ketones is 1. The molecule has 0 aliphatic carbocycles. The number of carbonyl (C=O) groups is 3. The Bertz CT molecular complexity index is 1910. The minimum atomic E-state index is -0.714. The van der Waals surface area contributed by atoms with Gasteiger partial charge in [0.1, 0.15) is 24.1 Å². The number of unbranched alkanes of at least 4 members (excludes halogenated alkanes) is 7. The topological polar surface area (TPSA) is 122 Å². The van der Waals surface area contributed by atoms with Crippen molar-refractivity contribution in [3.63, 3.8) is 0 Å². The first-order valence-corrected chi connectivity index (χ1v) is 18.4. The van der Waals surface area contributed by atoms with Gasteiger partial charge >= 0.3 is 0 Å². The molecule has 3 heterocycles. The Kier molecular flexibility index (Phi) is 13.7. The number of amides is 2. The average molecular weight is 728 g/mol. The number of halogens is 2. The van der Waals surface area contributed by atoms with Crippen LogP contribution in [0.4, 0.5) is 10.3 Å². The maximum absolute atomic E-state index is 14.6. The molecule has 1 atom stereocenters. The normalized spacial score (nSPS) is 14.1. The summed E-state index contributed by atoms with van der Waals surface area (Å²) in [4.78, 5) is 50.0. The fourth-order valence-corrected chi connectivity index (χ4v) is 6.83. The summed E-state index contributed by atoms with van der Waals surface area (Å²) in [5, 5.41) is 11.1. The lowest BCUT2D eigenvalue weighted by molar-refractivity contribution is -0.139. The third-order valence-corrected chi connectivity index (χ3v) is 9.69. The highest BCUT2D eigenvalue weighted by Gasteiger charge is 2.34. The molecule has 0 saturated carbocycles. The first-order chi connectivity index (χ1) is 25.2. The minimum absolute atomic E-state index is 0.0561. The van der Waals surface area contributed by atoms with Crippen LogP contribution >= 0.6 is 11.6 Å². The molecule has 0 bridgehead atoms. The average Bonchev–Trinajstić information content (AvgIpc) is 3.79.